The minimum Gasteiger partial charge on any atom is -0.332 e. The molecule has 1 aromatic heterocycles. The van der Waals surface area contributed by atoms with Gasteiger partial charge in [-0.2, -0.15) is 18.3 Å². The maximum atomic E-state index is 12.6. The zero-order chi connectivity index (χ0) is 20.0. The molecule has 0 aliphatic rings. The van der Waals surface area contributed by atoms with Crippen LogP contribution in [0.15, 0.2) is 36.5 Å². The second-order valence-electron chi connectivity index (χ2n) is 6.07. The zero-order valence-electron chi connectivity index (χ0n) is 15.1. The predicted octanol–water partition coefficient (Wildman–Crippen LogP) is 3.09. The van der Waals surface area contributed by atoms with Crippen LogP contribution in [-0.2, 0) is 22.3 Å². The van der Waals surface area contributed by atoms with Gasteiger partial charge in [0.2, 0.25) is 11.8 Å². The molecule has 9 heteroatoms. The maximum Gasteiger partial charge on any atom is 0.435 e. The Morgan fingerprint density at radius 2 is 1.93 bits per heavy atom. The van der Waals surface area contributed by atoms with Crippen LogP contribution in [0.5, 0.6) is 0 Å². The third kappa shape index (κ3) is 5.83. The van der Waals surface area contributed by atoms with Gasteiger partial charge >= 0.3 is 6.18 Å². The Labute approximate surface area is 155 Å². The number of carbonyl (C=O) groups is 2. The highest BCUT2D eigenvalue weighted by Crippen LogP contribution is 2.27. The van der Waals surface area contributed by atoms with Gasteiger partial charge in [-0.05, 0) is 31.0 Å². The second kappa shape index (κ2) is 8.70. The van der Waals surface area contributed by atoms with Gasteiger partial charge in [0.05, 0.1) is 6.54 Å². The summed E-state index contributed by atoms with van der Waals surface area (Å²) in [5.74, 6) is -0.851. The number of hydrogen-bond donors (Lipinski definition) is 1. The molecule has 0 atom stereocenters. The number of amides is 2. The minimum atomic E-state index is -4.56. The maximum absolute atomic E-state index is 12.6. The number of para-hydroxylation sites is 1. The molecule has 1 heterocycles. The number of nitrogens with one attached hydrogen (secondary N) is 1. The zero-order valence-corrected chi connectivity index (χ0v) is 15.1. The van der Waals surface area contributed by atoms with Crippen molar-refractivity contribution in [1.82, 2.24) is 14.7 Å². The molecule has 0 aliphatic heterocycles. The van der Waals surface area contributed by atoms with Crippen molar-refractivity contribution >= 4 is 17.5 Å². The standard InChI is InChI=1S/C18H21F3N4O2/c1-3-9-24(11-16(26)22-14-7-5-4-6-13(14)2)17(27)12-25-10-8-15(23-25)18(19,20)21/h4-8,10H,3,9,11-12H2,1-2H3,(H,22,26). The molecule has 2 aromatic rings. The van der Waals surface area contributed by atoms with Gasteiger partial charge in [0.1, 0.15) is 6.54 Å². The van der Waals surface area contributed by atoms with E-state index in [2.05, 4.69) is 10.4 Å². The quantitative estimate of drug-likeness (QED) is 0.800. The molecule has 1 aromatic carbocycles. The number of nitrogens with zero attached hydrogens (tertiary/aromatic N) is 3. The summed E-state index contributed by atoms with van der Waals surface area (Å²) in [6, 6.07) is 8.04. The van der Waals surface area contributed by atoms with Crippen molar-refractivity contribution in [2.75, 3.05) is 18.4 Å². The van der Waals surface area contributed by atoms with Crippen LogP contribution in [0.3, 0.4) is 0 Å². The van der Waals surface area contributed by atoms with Gasteiger partial charge in [0.25, 0.3) is 0 Å². The summed E-state index contributed by atoms with van der Waals surface area (Å²) in [6.07, 6.45) is -2.86. The molecule has 0 radical (unpaired) electrons. The lowest BCUT2D eigenvalue weighted by molar-refractivity contribution is -0.142. The van der Waals surface area contributed by atoms with E-state index in [0.29, 0.717) is 18.7 Å². The van der Waals surface area contributed by atoms with Gasteiger partial charge in [-0.3, -0.25) is 14.3 Å². The largest absolute Gasteiger partial charge is 0.435 e. The molecule has 0 unspecified atom stereocenters. The van der Waals surface area contributed by atoms with Crippen molar-refractivity contribution in [2.45, 2.75) is 33.0 Å². The summed E-state index contributed by atoms with van der Waals surface area (Å²) in [6.45, 7) is 3.45. The molecule has 0 fully saturated rings. The molecule has 146 valence electrons. The summed E-state index contributed by atoms with van der Waals surface area (Å²) in [5, 5.41) is 6.10. The molecule has 0 aliphatic carbocycles. The van der Waals surface area contributed by atoms with E-state index < -0.39 is 17.8 Å². The van der Waals surface area contributed by atoms with Crippen LogP contribution >= 0.6 is 0 Å². The molecular formula is C18H21F3N4O2. The van der Waals surface area contributed by atoms with Crippen molar-refractivity contribution in [1.29, 1.82) is 0 Å². The highest BCUT2D eigenvalue weighted by molar-refractivity contribution is 5.95. The molecule has 0 saturated carbocycles. The first-order chi connectivity index (χ1) is 12.7. The van der Waals surface area contributed by atoms with E-state index in [4.69, 9.17) is 0 Å². The van der Waals surface area contributed by atoms with E-state index in [9.17, 15) is 22.8 Å². The van der Waals surface area contributed by atoms with E-state index in [0.717, 1.165) is 22.5 Å². The number of carbonyl (C=O) groups excluding carboxylic acids is 2. The average molecular weight is 382 g/mol. The second-order valence-corrected chi connectivity index (χ2v) is 6.07. The Kier molecular flexibility index (Phi) is 6.59. The van der Waals surface area contributed by atoms with Crippen molar-refractivity contribution in [3.05, 3.63) is 47.8 Å². The van der Waals surface area contributed by atoms with E-state index in [1.165, 1.54) is 4.90 Å². The van der Waals surface area contributed by atoms with Crippen LogP contribution in [0.4, 0.5) is 18.9 Å². The third-order valence-corrected chi connectivity index (χ3v) is 3.83. The predicted molar refractivity (Wildman–Crippen MR) is 93.9 cm³/mol. The monoisotopic (exact) mass is 382 g/mol. The van der Waals surface area contributed by atoms with E-state index in [1.54, 1.807) is 12.1 Å². The molecule has 27 heavy (non-hydrogen) atoms. The summed E-state index contributed by atoms with van der Waals surface area (Å²) in [7, 11) is 0. The van der Waals surface area contributed by atoms with Crippen LogP contribution < -0.4 is 5.32 Å². The molecule has 0 saturated heterocycles. The first kappa shape index (κ1) is 20.5. The molecular weight excluding hydrogens is 361 g/mol. The summed E-state index contributed by atoms with van der Waals surface area (Å²) in [4.78, 5) is 26.0. The SMILES string of the molecule is CCCN(CC(=O)Nc1ccccc1C)C(=O)Cn1ccc(C(F)(F)F)n1. The Morgan fingerprint density at radius 1 is 1.22 bits per heavy atom. The van der Waals surface area contributed by atoms with E-state index >= 15 is 0 Å². The van der Waals surface area contributed by atoms with Crippen molar-refractivity contribution in [2.24, 2.45) is 0 Å². The van der Waals surface area contributed by atoms with Gasteiger partial charge in [0.15, 0.2) is 5.69 Å². The molecule has 0 spiro atoms. The van der Waals surface area contributed by atoms with Gasteiger partial charge in [0, 0.05) is 18.4 Å². The lowest BCUT2D eigenvalue weighted by Gasteiger charge is -2.22. The van der Waals surface area contributed by atoms with Crippen LogP contribution in [0.1, 0.15) is 24.6 Å². The summed E-state index contributed by atoms with van der Waals surface area (Å²) >= 11 is 0. The van der Waals surface area contributed by atoms with E-state index in [-0.39, 0.29) is 19.0 Å². The molecule has 2 rings (SSSR count). The Morgan fingerprint density at radius 3 is 2.52 bits per heavy atom. The van der Waals surface area contributed by atoms with Crippen molar-refractivity contribution in [3.63, 3.8) is 0 Å². The first-order valence-corrected chi connectivity index (χ1v) is 8.44. The van der Waals surface area contributed by atoms with Crippen LogP contribution in [0.25, 0.3) is 0 Å². The van der Waals surface area contributed by atoms with Crippen LogP contribution in [-0.4, -0.2) is 39.6 Å². The van der Waals surface area contributed by atoms with Gasteiger partial charge in [-0.15, -0.1) is 0 Å². The van der Waals surface area contributed by atoms with Crippen molar-refractivity contribution < 1.29 is 22.8 Å². The third-order valence-electron chi connectivity index (χ3n) is 3.83. The fourth-order valence-corrected chi connectivity index (χ4v) is 2.48. The summed E-state index contributed by atoms with van der Waals surface area (Å²) in [5.41, 5.74) is 0.471. The minimum absolute atomic E-state index is 0.186. The van der Waals surface area contributed by atoms with Gasteiger partial charge < -0.3 is 10.2 Å². The molecule has 1 N–H and O–H groups in total. The molecule has 6 nitrogen and oxygen atoms in total. The topological polar surface area (TPSA) is 67.2 Å². The average Bonchev–Trinajstić information content (AvgIpc) is 3.05. The lowest BCUT2D eigenvalue weighted by Crippen LogP contribution is -2.40. The highest BCUT2D eigenvalue weighted by atomic mass is 19.4. The van der Waals surface area contributed by atoms with Crippen molar-refractivity contribution in [3.8, 4) is 0 Å². The molecule has 2 amide bonds. The number of aromatic nitrogens is 2. The van der Waals surface area contributed by atoms with Gasteiger partial charge in [-0.1, -0.05) is 25.1 Å². The molecule has 0 bridgehead atoms. The number of hydrogen-bond acceptors (Lipinski definition) is 3. The summed E-state index contributed by atoms with van der Waals surface area (Å²) < 4.78 is 38.7. The smallest absolute Gasteiger partial charge is 0.332 e. The van der Waals surface area contributed by atoms with E-state index in [1.807, 2.05) is 26.0 Å². The Bertz CT molecular complexity index is 802. The Hall–Kier alpha value is -2.84. The number of anilines is 1. The fraction of sp³-hybridized carbons (Fsp3) is 0.389. The normalized spacial score (nSPS) is 11.3. The van der Waals surface area contributed by atoms with Crippen LogP contribution in [0.2, 0.25) is 0 Å². The number of rotatable bonds is 7. The van der Waals surface area contributed by atoms with Gasteiger partial charge in [-0.25, -0.2) is 0 Å². The number of halogens is 3. The Balaban J connectivity index is 2.01. The first-order valence-electron chi connectivity index (χ1n) is 8.44. The number of aryl methyl sites for hydroxylation is 1. The lowest BCUT2D eigenvalue weighted by atomic mass is 10.2. The highest BCUT2D eigenvalue weighted by Gasteiger charge is 2.33. The van der Waals surface area contributed by atoms with Crippen LogP contribution in [0, 0.1) is 6.92 Å². The number of alkyl halides is 3. The number of benzene rings is 1. The fourth-order valence-electron chi connectivity index (χ4n) is 2.48.